The van der Waals surface area contributed by atoms with Crippen molar-refractivity contribution in [3.63, 3.8) is 0 Å². The van der Waals surface area contributed by atoms with Gasteiger partial charge in [-0.05, 0) is 26.2 Å². The van der Waals surface area contributed by atoms with E-state index in [1.54, 1.807) is 0 Å². The highest BCUT2D eigenvalue weighted by Gasteiger charge is 2.20. The molecule has 1 aliphatic rings. The van der Waals surface area contributed by atoms with Gasteiger partial charge in [0.05, 0.1) is 6.10 Å². The van der Waals surface area contributed by atoms with Gasteiger partial charge in [-0.15, -0.1) is 0 Å². The quantitative estimate of drug-likeness (QED) is 0.315. The van der Waals surface area contributed by atoms with Crippen LogP contribution in [0.15, 0.2) is 4.99 Å². The molecule has 5 heteroatoms. The summed E-state index contributed by atoms with van der Waals surface area (Å²) in [6.07, 6.45) is 3.67. The minimum absolute atomic E-state index is 0.333. The van der Waals surface area contributed by atoms with Crippen molar-refractivity contribution in [2.75, 3.05) is 26.2 Å². The van der Waals surface area contributed by atoms with Gasteiger partial charge in [-0.25, -0.2) is 5.84 Å². The van der Waals surface area contributed by atoms with Crippen molar-refractivity contribution >= 4 is 5.96 Å². The molecule has 0 aromatic carbocycles. The Morgan fingerprint density at radius 2 is 2.38 bits per heavy atom. The van der Waals surface area contributed by atoms with Crippen LogP contribution < -0.4 is 11.3 Å². The summed E-state index contributed by atoms with van der Waals surface area (Å²) < 4.78 is 5.62. The zero-order valence-corrected chi connectivity index (χ0v) is 10.4. The van der Waals surface area contributed by atoms with Gasteiger partial charge < -0.3 is 9.64 Å². The molecule has 16 heavy (non-hydrogen) atoms. The van der Waals surface area contributed by atoms with E-state index in [0.29, 0.717) is 6.10 Å². The lowest BCUT2D eigenvalue weighted by atomic mass is 10.2. The molecular formula is C11H24N4O. The minimum atomic E-state index is 0.333. The maximum Gasteiger partial charge on any atom is 0.208 e. The molecule has 0 radical (unpaired) electrons. The topological polar surface area (TPSA) is 62.9 Å². The molecule has 3 N–H and O–H groups in total. The number of ether oxygens (including phenoxy) is 1. The van der Waals surface area contributed by atoms with E-state index in [-0.39, 0.29) is 0 Å². The molecule has 1 unspecified atom stereocenters. The van der Waals surface area contributed by atoms with Crippen molar-refractivity contribution in [1.82, 2.24) is 10.3 Å². The van der Waals surface area contributed by atoms with Gasteiger partial charge in [-0.1, -0.05) is 6.92 Å². The van der Waals surface area contributed by atoms with E-state index in [1.165, 1.54) is 6.42 Å². The van der Waals surface area contributed by atoms with Gasteiger partial charge in [-0.3, -0.25) is 10.4 Å². The van der Waals surface area contributed by atoms with E-state index in [1.807, 2.05) is 0 Å². The van der Waals surface area contributed by atoms with Gasteiger partial charge in [-0.2, -0.15) is 0 Å². The SMILES string of the molecule is CCCN=C(NN)N(CC)CC1CCCO1. The molecule has 1 heterocycles. The largest absolute Gasteiger partial charge is 0.376 e. The Labute approximate surface area is 98.0 Å². The fraction of sp³-hybridized carbons (Fsp3) is 0.909. The Kier molecular flexibility index (Phi) is 6.18. The maximum atomic E-state index is 5.62. The highest BCUT2D eigenvalue weighted by molar-refractivity contribution is 5.79. The van der Waals surface area contributed by atoms with Crippen molar-refractivity contribution in [2.45, 2.75) is 39.2 Å². The van der Waals surface area contributed by atoms with Gasteiger partial charge in [0, 0.05) is 26.2 Å². The van der Waals surface area contributed by atoms with Crippen molar-refractivity contribution in [2.24, 2.45) is 10.8 Å². The molecule has 0 aromatic rings. The Balaban J connectivity index is 2.48. The number of nitrogens with two attached hydrogens (primary N) is 1. The number of hydrazine groups is 1. The average molecular weight is 228 g/mol. The summed E-state index contributed by atoms with van der Waals surface area (Å²) in [5.74, 6) is 6.28. The van der Waals surface area contributed by atoms with E-state index >= 15 is 0 Å². The Hall–Kier alpha value is -0.810. The lowest BCUT2D eigenvalue weighted by Crippen LogP contribution is -2.47. The molecule has 1 rings (SSSR count). The van der Waals surface area contributed by atoms with E-state index in [9.17, 15) is 0 Å². The van der Waals surface area contributed by atoms with E-state index in [0.717, 1.165) is 45.0 Å². The monoisotopic (exact) mass is 228 g/mol. The molecule has 1 saturated heterocycles. The van der Waals surface area contributed by atoms with E-state index < -0.39 is 0 Å². The van der Waals surface area contributed by atoms with Crippen LogP contribution in [0.4, 0.5) is 0 Å². The van der Waals surface area contributed by atoms with Crippen LogP contribution in [0.1, 0.15) is 33.1 Å². The zero-order valence-electron chi connectivity index (χ0n) is 10.4. The third kappa shape index (κ3) is 3.98. The third-order valence-corrected chi connectivity index (χ3v) is 2.74. The predicted molar refractivity (Wildman–Crippen MR) is 66.1 cm³/mol. The molecule has 94 valence electrons. The van der Waals surface area contributed by atoms with Gasteiger partial charge in [0.25, 0.3) is 0 Å². The van der Waals surface area contributed by atoms with Gasteiger partial charge in [0.1, 0.15) is 0 Å². The second kappa shape index (κ2) is 7.46. The van der Waals surface area contributed by atoms with Crippen LogP contribution in [0, 0.1) is 0 Å². The average Bonchev–Trinajstić information content (AvgIpc) is 2.81. The van der Waals surface area contributed by atoms with Crippen LogP contribution in [-0.4, -0.2) is 43.2 Å². The standard InChI is InChI=1S/C11H24N4O/c1-3-7-13-11(14-12)15(4-2)9-10-6-5-8-16-10/h10H,3-9,12H2,1-2H3,(H,13,14). The molecule has 0 aromatic heterocycles. The molecule has 1 fully saturated rings. The summed E-state index contributed by atoms with van der Waals surface area (Å²) in [4.78, 5) is 6.57. The van der Waals surface area contributed by atoms with Crippen LogP contribution in [0.2, 0.25) is 0 Å². The first-order valence-corrected chi connectivity index (χ1v) is 6.19. The Morgan fingerprint density at radius 3 is 2.88 bits per heavy atom. The smallest absolute Gasteiger partial charge is 0.208 e. The van der Waals surface area contributed by atoms with Gasteiger partial charge in [0.2, 0.25) is 5.96 Å². The highest BCUT2D eigenvalue weighted by atomic mass is 16.5. The lowest BCUT2D eigenvalue weighted by Gasteiger charge is -2.26. The normalized spacial score (nSPS) is 21.2. The van der Waals surface area contributed by atoms with Crippen LogP contribution in [-0.2, 0) is 4.74 Å². The fourth-order valence-electron chi connectivity index (χ4n) is 1.85. The molecule has 5 nitrogen and oxygen atoms in total. The molecule has 0 spiro atoms. The molecular weight excluding hydrogens is 204 g/mol. The second-order valence-corrected chi connectivity index (χ2v) is 4.02. The van der Waals surface area contributed by atoms with Crippen LogP contribution in [0.25, 0.3) is 0 Å². The summed E-state index contributed by atoms with van der Waals surface area (Å²) in [5.41, 5.74) is 2.68. The summed E-state index contributed by atoms with van der Waals surface area (Å²) >= 11 is 0. The van der Waals surface area contributed by atoms with Crippen molar-refractivity contribution < 1.29 is 4.74 Å². The van der Waals surface area contributed by atoms with Crippen molar-refractivity contribution in [3.8, 4) is 0 Å². The number of likely N-dealkylation sites (N-methyl/N-ethyl adjacent to an activating group) is 1. The summed E-state index contributed by atoms with van der Waals surface area (Å²) in [5, 5.41) is 0. The van der Waals surface area contributed by atoms with E-state index in [4.69, 9.17) is 10.6 Å². The molecule has 0 aliphatic carbocycles. The summed E-state index contributed by atoms with van der Waals surface area (Å²) in [6, 6.07) is 0. The van der Waals surface area contributed by atoms with E-state index in [2.05, 4.69) is 29.2 Å². The fourth-order valence-corrected chi connectivity index (χ4v) is 1.85. The third-order valence-electron chi connectivity index (χ3n) is 2.74. The molecule has 0 saturated carbocycles. The first-order valence-electron chi connectivity index (χ1n) is 6.19. The second-order valence-electron chi connectivity index (χ2n) is 4.02. The summed E-state index contributed by atoms with van der Waals surface area (Å²) in [7, 11) is 0. The zero-order chi connectivity index (χ0) is 11.8. The predicted octanol–water partition coefficient (Wildman–Crippen LogP) is 0.717. The van der Waals surface area contributed by atoms with Crippen LogP contribution >= 0.6 is 0 Å². The van der Waals surface area contributed by atoms with Gasteiger partial charge in [0.15, 0.2) is 0 Å². The Bertz CT molecular complexity index is 214. The number of nitrogens with zero attached hydrogens (tertiary/aromatic N) is 2. The molecule has 0 amide bonds. The molecule has 1 aliphatic heterocycles. The first kappa shape index (κ1) is 13.3. The minimum Gasteiger partial charge on any atom is -0.376 e. The number of aliphatic imine (C=N–C) groups is 1. The Morgan fingerprint density at radius 1 is 1.56 bits per heavy atom. The van der Waals surface area contributed by atoms with Gasteiger partial charge >= 0.3 is 0 Å². The maximum absolute atomic E-state index is 5.62. The summed E-state index contributed by atoms with van der Waals surface area (Å²) in [6.45, 7) is 7.68. The number of guanidine groups is 1. The van der Waals surface area contributed by atoms with Crippen LogP contribution in [0.3, 0.4) is 0 Å². The highest BCUT2D eigenvalue weighted by Crippen LogP contribution is 2.13. The lowest BCUT2D eigenvalue weighted by molar-refractivity contribution is 0.0914. The first-order chi connectivity index (χ1) is 7.81. The molecule has 0 bridgehead atoms. The number of rotatable bonds is 5. The van der Waals surface area contributed by atoms with Crippen molar-refractivity contribution in [1.29, 1.82) is 0 Å². The number of hydrogen-bond acceptors (Lipinski definition) is 3. The van der Waals surface area contributed by atoms with Crippen LogP contribution in [0.5, 0.6) is 0 Å². The number of nitrogens with one attached hydrogen (secondary N) is 1. The molecule has 1 atom stereocenters. The number of hydrogen-bond donors (Lipinski definition) is 2. The van der Waals surface area contributed by atoms with Crippen molar-refractivity contribution in [3.05, 3.63) is 0 Å².